The van der Waals surface area contributed by atoms with Crippen LogP contribution in [0.1, 0.15) is 11.3 Å². The number of phenols is 2. The number of phenolic OH excluding ortho intramolecular Hbond substituents is 2. The maximum atomic E-state index is 11.8. The van der Waals surface area contributed by atoms with Gasteiger partial charge in [-0.05, 0) is 49.4 Å². The molecule has 0 aliphatic rings. The van der Waals surface area contributed by atoms with E-state index in [1.807, 2.05) is 37.3 Å². The quantitative estimate of drug-likeness (QED) is 0.352. The summed E-state index contributed by atoms with van der Waals surface area (Å²) >= 11 is 0. The average Bonchev–Trinajstić information content (AvgIpc) is 3.23. The van der Waals surface area contributed by atoms with Gasteiger partial charge in [0.15, 0.2) is 11.5 Å². The van der Waals surface area contributed by atoms with E-state index < -0.39 is 10.1 Å². The van der Waals surface area contributed by atoms with Gasteiger partial charge in [-0.2, -0.15) is 23.7 Å². The van der Waals surface area contributed by atoms with Gasteiger partial charge in [-0.1, -0.05) is 29.8 Å². The highest BCUT2D eigenvalue weighted by atomic mass is 32.2. The molecular formula is C23H21N3O6S. The Morgan fingerprint density at radius 1 is 0.970 bits per heavy atom. The van der Waals surface area contributed by atoms with E-state index in [1.54, 1.807) is 16.8 Å². The zero-order chi connectivity index (χ0) is 23.6. The minimum absolute atomic E-state index is 0.0532. The van der Waals surface area contributed by atoms with Crippen LogP contribution in [0.15, 0.2) is 77.7 Å². The second kappa shape index (κ2) is 8.94. The van der Waals surface area contributed by atoms with Crippen LogP contribution in [0.4, 0.5) is 0 Å². The lowest BCUT2D eigenvalue weighted by atomic mass is 10.1. The zero-order valence-electron chi connectivity index (χ0n) is 17.5. The van der Waals surface area contributed by atoms with Crippen molar-refractivity contribution in [3.05, 3.63) is 84.1 Å². The van der Waals surface area contributed by atoms with Crippen molar-refractivity contribution < 1.29 is 27.7 Å². The van der Waals surface area contributed by atoms with E-state index >= 15 is 0 Å². The fourth-order valence-corrected chi connectivity index (χ4v) is 3.80. The van der Waals surface area contributed by atoms with Crippen molar-refractivity contribution in [2.75, 3.05) is 0 Å². The molecule has 0 unspecified atom stereocenters. The molecule has 1 heterocycles. The predicted octanol–water partition coefficient (Wildman–Crippen LogP) is 3.42. The van der Waals surface area contributed by atoms with Gasteiger partial charge in [-0.3, -0.25) is 0 Å². The summed E-state index contributed by atoms with van der Waals surface area (Å²) in [6, 6.07) is 19.7. The van der Waals surface area contributed by atoms with E-state index in [0.717, 1.165) is 16.8 Å². The highest BCUT2D eigenvalue weighted by Crippen LogP contribution is 2.31. The lowest BCUT2D eigenvalue weighted by molar-refractivity contribution is 0.283. The molecule has 0 saturated carbocycles. The largest absolute Gasteiger partial charge is 0.508 e. The number of hydrogen-bond donors (Lipinski definition) is 3. The molecular weight excluding hydrogens is 446 g/mol. The number of aromatic nitrogens is 2. The van der Waals surface area contributed by atoms with Crippen molar-refractivity contribution in [2.45, 2.75) is 18.4 Å². The Labute approximate surface area is 190 Å². The first-order chi connectivity index (χ1) is 15.8. The third kappa shape index (κ3) is 4.82. The molecule has 170 valence electrons. The Bertz CT molecular complexity index is 1380. The summed E-state index contributed by atoms with van der Waals surface area (Å²) < 4.78 is 35.0. The third-order valence-corrected chi connectivity index (χ3v) is 6.02. The minimum atomic E-state index is -4.02. The normalized spacial score (nSPS) is 11.5. The first-order valence-electron chi connectivity index (χ1n) is 9.81. The average molecular weight is 468 g/mol. The van der Waals surface area contributed by atoms with Crippen LogP contribution < -0.4 is 10.6 Å². The fourth-order valence-electron chi connectivity index (χ4n) is 3.22. The second-order valence-electron chi connectivity index (χ2n) is 7.28. The lowest BCUT2D eigenvalue weighted by Gasteiger charge is -2.09. The van der Waals surface area contributed by atoms with Crippen LogP contribution in [0.3, 0.4) is 0 Å². The molecule has 0 atom stereocenters. The molecule has 0 aliphatic heterocycles. The van der Waals surface area contributed by atoms with Crippen LogP contribution >= 0.6 is 0 Å². The molecule has 10 heteroatoms. The smallest absolute Gasteiger partial charge is 0.312 e. The standard InChI is InChI=1S/C23H21N3O6S/c1-15-2-4-16(5-3-15)21-12-17(14-31-23-11-8-19(27)13-22(23)28)25-26(21)18-6-9-20(10-7-18)33(29,30)32-24/h2-13,27-28H,14,24H2,1H3. The van der Waals surface area contributed by atoms with Crippen molar-refractivity contribution >= 4 is 10.1 Å². The molecule has 0 amide bonds. The molecule has 0 bridgehead atoms. The molecule has 4 N–H and O–H groups in total. The highest BCUT2D eigenvalue weighted by Gasteiger charge is 2.16. The molecule has 33 heavy (non-hydrogen) atoms. The molecule has 0 fully saturated rings. The van der Waals surface area contributed by atoms with Crippen LogP contribution in [-0.4, -0.2) is 28.4 Å². The van der Waals surface area contributed by atoms with Crippen LogP contribution in [0, 0.1) is 6.92 Å². The number of hydrogen-bond acceptors (Lipinski definition) is 8. The third-order valence-electron chi connectivity index (χ3n) is 4.92. The summed E-state index contributed by atoms with van der Waals surface area (Å²) in [5.41, 5.74) is 3.94. The Balaban J connectivity index is 1.70. The number of aromatic hydroxyl groups is 2. The van der Waals surface area contributed by atoms with Crippen molar-refractivity contribution in [1.82, 2.24) is 9.78 Å². The summed E-state index contributed by atoms with van der Waals surface area (Å²) in [5.74, 6) is 4.80. The zero-order valence-corrected chi connectivity index (χ0v) is 18.4. The summed E-state index contributed by atoms with van der Waals surface area (Å²) in [7, 11) is -4.02. The second-order valence-corrected chi connectivity index (χ2v) is 8.86. The van der Waals surface area contributed by atoms with E-state index in [0.29, 0.717) is 11.4 Å². The number of aryl methyl sites for hydroxylation is 1. The van der Waals surface area contributed by atoms with Crippen LogP contribution in [-0.2, 0) is 21.0 Å². The van der Waals surface area contributed by atoms with Gasteiger partial charge >= 0.3 is 10.1 Å². The van der Waals surface area contributed by atoms with Crippen LogP contribution in [0.25, 0.3) is 16.9 Å². The van der Waals surface area contributed by atoms with Gasteiger partial charge in [0.2, 0.25) is 0 Å². The maximum Gasteiger partial charge on any atom is 0.312 e. The maximum absolute atomic E-state index is 11.8. The predicted molar refractivity (Wildman–Crippen MR) is 120 cm³/mol. The van der Waals surface area contributed by atoms with Crippen molar-refractivity contribution in [2.24, 2.45) is 5.90 Å². The lowest BCUT2D eigenvalue weighted by Crippen LogP contribution is -2.11. The van der Waals surface area contributed by atoms with E-state index in [2.05, 4.69) is 9.38 Å². The highest BCUT2D eigenvalue weighted by molar-refractivity contribution is 7.86. The number of benzene rings is 3. The van der Waals surface area contributed by atoms with Crippen molar-refractivity contribution in [1.29, 1.82) is 0 Å². The molecule has 0 aliphatic carbocycles. The van der Waals surface area contributed by atoms with Gasteiger partial charge in [-0.15, -0.1) is 0 Å². The molecule has 3 aromatic carbocycles. The van der Waals surface area contributed by atoms with Gasteiger partial charge in [0, 0.05) is 11.6 Å². The van der Waals surface area contributed by atoms with Crippen LogP contribution in [0.5, 0.6) is 17.2 Å². The van der Waals surface area contributed by atoms with Crippen molar-refractivity contribution in [3.63, 3.8) is 0 Å². The summed E-state index contributed by atoms with van der Waals surface area (Å²) in [5, 5.41) is 24.0. The fraction of sp³-hybridized carbons (Fsp3) is 0.0870. The van der Waals surface area contributed by atoms with Gasteiger partial charge in [0.1, 0.15) is 18.1 Å². The molecule has 0 saturated heterocycles. The van der Waals surface area contributed by atoms with Crippen molar-refractivity contribution in [3.8, 4) is 34.2 Å². The molecule has 0 spiro atoms. The summed E-state index contributed by atoms with van der Waals surface area (Å²) in [6.07, 6.45) is 0. The summed E-state index contributed by atoms with van der Waals surface area (Å²) in [6.45, 7) is 2.04. The Morgan fingerprint density at radius 3 is 2.30 bits per heavy atom. The van der Waals surface area contributed by atoms with E-state index in [9.17, 15) is 18.6 Å². The van der Waals surface area contributed by atoms with Crippen LogP contribution in [0.2, 0.25) is 0 Å². The first kappa shape index (κ1) is 22.3. The summed E-state index contributed by atoms with van der Waals surface area (Å²) in [4.78, 5) is -0.0795. The number of rotatable bonds is 7. The molecule has 1 aromatic heterocycles. The van der Waals surface area contributed by atoms with Gasteiger partial charge in [0.25, 0.3) is 0 Å². The molecule has 0 radical (unpaired) electrons. The monoisotopic (exact) mass is 467 g/mol. The topological polar surface area (TPSA) is 137 Å². The first-order valence-corrected chi connectivity index (χ1v) is 11.2. The minimum Gasteiger partial charge on any atom is -0.508 e. The number of nitrogens with zero attached hydrogens (tertiary/aromatic N) is 2. The number of ether oxygens (including phenoxy) is 1. The molecule has 4 rings (SSSR count). The van der Waals surface area contributed by atoms with E-state index in [1.165, 1.54) is 30.3 Å². The Morgan fingerprint density at radius 2 is 1.67 bits per heavy atom. The van der Waals surface area contributed by atoms with E-state index in [-0.39, 0.29) is 28.8 Å². The molecule has 4 aromatic rings. The Hall–Kier alpha value is -3.86. The van der Waals surface area contributed by atoms with Gasteiger partial charge in [0.05, 0.1) is 16.3 Å². The van der Waals surface area contributed by atoms with Gasteiger partial charge in [-0.25, -0.2) is 4.68 Å². The van der Waals surface area contributed by atoms with Gasteiger partial charge < -0.3 is 14.9 Å². The van der Waals surface area contributed by atoms with E-state index in [4.69, 9.17) is 10.6 Å². The number of nitrogens with two attached hydrogens (primary N) is 1. The Kier molecular flexibility index (Phi) is 6.05. The SMILES string of the molecule is Cc1ccc(-c2cc(COc3ccc(O)cc3O)nn2-c2ccc(S(=O)(=O)ON)cc2)cc1. The molecule has 9 nitrogen and oxygen atoms in total.